The highest BCUT2D eigenvalue weighted by atomic mass is 32.2. The van der Waals surface area contributed by atoms with Crippen molar-refractivity contribution in [1.29, 1.82) is 0 Å². The zero-order chi connectivity index (χ0) is 12.9. The highest BCUT2D eigenvalue weighted by Gasteiger charge is 2.19. The third-order valence-corrected chi connectivity index (χ3v) is 2.99. The summed E-state index contributed by atoms with van der Waals surface area (Å²) >= 11 is 0. The molecule has 1 heterocycles. The lowest BCUT2D eigenvalue weighted by atomic mass is 10.4. The molecule has 0 saturated heterocycles. The molecule has 0 aliphatic carbocycles. The SMILES string of the molecule is CCCOCCc1nnc(S(N)(=O)=O)n1CC. The molecule has 2 N–H and O–H groups in total. The Balaban J connectivity index is 2.77. The highest BCUT2D eigenvalue weighted by Crippen LogP contribution is 2.07. The molecular weight excluding hydrogens is 244 g/mol. The molecule has 0 fully saturated rings. The molecule has 0 spiro atoms. The fraction of sp³-hybridized carbons (Fsp3) is 0.778. The van der Waals surface area contributed by atoms with Crippen LogP contribution in [0.4, 0.5) is 0 Å². The van der Waals surface area contributed by atoms with E-state index in [-0.39, 0.29) is 5.16 Å². The molecule has 1 rings (SSSR count). The van der Waals surface area contributed by atoms with E-state index in [1.807, 2.05) is 13.8 Å². The molecular formula is C9H18N4O3S. The Morgan fingerprint density at radius 3 is 2.53 bits per heavy atom. The fourth-order valence-corrected chi connectivity index (χ4v) is 2.14. The Morgan fingerprint density at radius 1 is 1.29 bits per heavy atom. The minimum Gasteiger partial charge on any atom is -0.381 e. The number of hydrogen-bond donors (Lipinski definition) is 1. The normalized spacial score (nSPS) is 11.9. The molecule has 0 aliphatic heterocycles. The number of aromatic nitrogens is 3. The van der Waals surface area contributed by atoms with Crippen LogP contribution in [-0.4, -0.2) is 36.4 Å². The minimum absolute atomic E-state index is 0.189. The summed E-state index contributed by atoms with van der Waals surface area (Å²) in [5, 5.41) is 12.3. The van der Waals surface area contributed by atoms with Gasteiger partial charge in [0.05, 0.1) is 6.61 Å². The molecule has 0 aliphatic rings. The summed E-state index contributed by atoms with van der Waals surface area (Å²) in [6.07, 6.45) is 1.47. The van der Waals surface area contributed by atoms with Crippen molar-refractivity contribution in [2.45, 2.75) is 38.4 Å². The van der Waals surface area contributed by atoms with E-state index in [0.29, 0.717) is 32.0 Å². The number of nitrogens with zero attached hydrogens (tertiary/aromatic N) is 3. The third-order valence-electron chi connectivity index (χ3n) is 2.18. The van der Waals surface area contributed by atoms with Gasteiger partial charge in [0.25, 0.3) is 15.2 Å². The van der Waals surface area contributed by atoms with Gasteiger partial charge >= 0.3 is 0 Å². The monoisotopic (exact) mass is 262 g/mol. The molecule has 0 bridgehead atoms. The van der Waals surface area contributed by atoms with Crippen LogP contribution >= 0.6 is 0 Å². The summed E-state index contributed by atoms with van der Waals surface area (Å²) in [6.45, 7) is 5.48. The fourth-order valence-electron chi connectivity index (χ4n) is 1.44. The van der Waals surface area contributed by atoms with Crippen molar-refractivity contribution in [3.05, 3.63) is 5.82 Å². The lowest BCUT2D eigenvalue weighted by Gasteiger charge is -2.06. The van der Waals surface area contributed by atoms with E-state index in [4.69, 9.17) is 9.88 Å². The van der Waals surface area contributed by atoms with E-state index in [0.717, 1.165) is 6.42 Å². The van der Waals surface area contributed by atoms with Crippen molar-refractivity contribution >= 4 is 10.0 Å². The first-order chi connectivity index (χ1) is 8.00. The van der Waals surface area contributed by atoms with Crippen LogP contribution in [0.3, 0.4) is 0 Å². The lowest BCUT2D eigenvalue weighted by molar-refractivity contribution is 0.136. The molecule has 0 saturated carbocycles. The molecule has 0 amide bonds. The van der Waals surface area contributed by atoms with Gasteiger partial charge in [-0.05, 0) is 13.3 Å². The first-order valence-electron chi connectivity index (χ1n) is 5.53. The van der Waals surface area contributed by atoms with Gasteiger partial charge in [-0.2, -0.15) is 0 Å². The zero-order valence-corrected chi connectivity index (χ0v) is 10.9. The molecule has 1 aromatic rings. The van der Waals surface area contributed by atoms with E-state index in [1.165, 1.54) is 4.57 Å². The van der Waals surface area contributed by atoms with Crippen molar-refractivity contribution < 1.29 is 13.2 Å². The summed E-state index contributed by atoms with van der Waals surface area (Å²) in [5.74, 6) is 0.577. The molecule has 0 aromatic carbocycles. The average molecular weight is 262 g/mol. The van der Waals surface area contributed by atoms with Gasteiger partial charge in [0.2, 0.25) is 0 Å². The molecule has 17 heavy (non-hydrogen) atoms. The minimum atomic E-state index is -3.81. The van der Waals surface area contributed by atoms with Gasteiger partial charge in [0.15, 0.2) is 0 Å². The zero-order valence-electron chi connectivity index (χ0n) is 10.1. The van der Waals surface area contributed by atoms with Crippen LogP contribution in [0.25, 0.3) is 0 Å². The van der Waals surface area contributed by atoms with Crippen molar-refractivity contribution in [2.24, 2.45) is 5.14 Å². The first kappa shape index (κ1) is 14.1. The van der Waals surface area contributed by atoms with Gasteiger partial charge in [-0.3, -0.25) is 0 Å². The summed E-state index contributed by atoms with van der Waals surface area (Å²) < 4.78 is 29.3. The molecule has 1 aromatic heterocycles. The van der Waals surface area contributed by atoms with Gasteiger partial charge < -0.3 is 9.30 Å². The van der Waals surface area contributed by atoms with E-state index >= 15 is 0 Å². The summed E-state index contributed by atoms with van der Waals surface area (Å²) in [6, 6.07) is 0. The van der Waals surface area contributed by atoms with Crippen molar-refractivity contribution in [3.63, 3.8) is 0 Å². The second-order valence-corrected chi connectivity index (χ2v) is 5.01. The molecule has 7 nitrogen and oxygen atoms in total. The van der Waals surface area contributed by atoms with Crippen LogP contribution < -0.4 is 5.14 Å². The molecule has 8 heteroatoms. The maximum absolute atomic E-state index is 11.2. The van der Waals surface area contributed by atoms with Crippen LogP contribution in [0, 0.1) is 0 Å². The molecule has 0 radical (unpaired) electrons. The average Bonchev–Trinajstić information content (AvgIpc) is 2.67. The smallest absolute Gasteiger partial charge is 0.273 e. The Kier molecular flexibility index (Phi) is 5.03. The molecule has 0 unspecified atom stereocenters. The number of hydrogen-bond acceptors (Lipinski definition) is 5. The van der Waals surface area contributed by atoms with Gasteiger partial charge in [0.1, 0.15) is 5.82 Å². The van der Waals surface area contributed by atoms with Gasteiger partial charge in [-0.1, -0.05) is 6.92 Å². The third kappa shape index (κ3) is 3.76. The predicted octanol–water partition coefficient (Wildman–Crippen LogP) is -0.0855. The second-order valence-electron chi connectivity index (χ2n) is 3.55. The summed E-state index contributed by atoms with van der Waals surface area (Å²) in [7, 11) is -3.81. The molecule has 0 atom stereocenters. The number of rotatable bonds is 7. The lowest BCUT2D eigenvalue weighted by Crippen LogP contribution is -2.19. The topological polar surface area (TPSA) is 100 Å². The highest BCUT2D eigenvalue weighted by molar-refractivity contribution is 7.89. The second kappa shape index (κ2) is 6.08. The van der Waals surface area contributed by atoms with Gasteiger partial charge in [-0.25, -0.2) is 13.6 Å². The van der Waals surface area contributed by atoms with Crippen LogP contribution in [0.1, 0.15) is 26.1 Å². The Morgan fingerprint density at radius 2 is 2.00 bits per heavy atom. The standard InChI is InChI=1S/C9H18N4O3S/c1-3-6-16-7-5-8-11-12-9(13(8)4-2)17(10,14)15/h3-7H2,1-2H3,(H2,10,14,15). The van der Waals surface area contributed by atoms with Crippen LogP contribution in [0.5, 0.6) is 0 Å². The van der Waals surface area contributed by atoms with E-state index in [2.05, 4.69) is 10.2 Å². The quantitative estimate of drug-likeness (QED) is 0.692. The largest absolute Gasteiger partial charge is 0.381 e. The number of nitrogens with two attached hydrogens (primary N) is 1. The Hall–Kier alpha value is -0.990. The van der Waals surface area contributed by atoms with Gasteiger partial charge in [-0.15, -0.1) is 10.2 Å². The van der Waals surface area contributed by atoms with E-state index < -0.39 is 10.0 Å². The number of primary sulfonamides is 1. The Labute approximate surface area is 101 Å². The van der Waals surface area contributed by atoms with Crippen LogP contribution in [0.2, 0.25) is 0 Å². The maximum Gasteiger partial charge on any atom is 0.273 e. The van der Waals surface area contributed by atoms with Crippen LogP contribution in [0.15, 0.2) is 5.16 Å². The molecule has 98 valence electrons. The van der Waals surface area contributed by atoms with E-state index in [1.54, 1.807) is 0 Å². The number of sulfonamides is 1. The summed E-state index contributed by atoms with van der Waals surface area (Å²) in [5.41, 5.74) is 0. The van der Waals surface area contributed by atoms with Crippen molar-refractivity contribution in [2.75, 3.05) is 13.2 Å². The van der Waals surface area contributed by atoms with E-state index in [9.17, 15) is 8.42 Å². The maximum atomic E-state index is 11.2. The Bertz CT molecular complexity index is 455. The predicted molar refractivity (Wildman–Crippen MR) is 61.9 cm³/mol. The van der Waals surface area contributed by atoms with Gasteiger partial charge in [0, 0.05) is 19.6 Å². The van der Waals surface area contributed by atoms with Crippen molar-refractivity contribution in [1.82, 2.24) is 14.8 Å². The van der Waals surface area contributed by atoms with Crippen molar-refractivity contribution in [3.8, 4) is 0 Å². The number of ether oxygens (including phenoxy) is 1. The first-order valence-corrected chi connectivity index (χ1v) is 7.08. The van der Waals surface area contributed by atoms with Crippen LogP contribution in [-0.2, 0) is 27.7 Å². The summed E-state index contributed by atoms with van der Waals surface area (Å²) in [4.78, 5) is 0.